The normalized spacial score (nSPS) is 11.2. The second-order valence-electron chi connectivity index (χ2n) is 4.39. The Hall–Kier alpha value is -2.49. The molecule has 0 atom stereocenters. The van der Waals surface area contributed by atoms with E-state index in [0.717, 1.165) is 5.56 Å². The molecule has 0 saturated heterocycles. The molecule has 3 rings (SSSR count). The second-order valence-corrected chi connectivity index (χ2v) is 4.39. The van der Waals surface area contributed by atoms with Crippen molar-refractivity contribution in [1.82, 2.24) is 4.98 Å². The lowest BCUT2D eigenvalue weighted by molar-refractivity contribution is 0.455. The van der Waals surface area contributed by atoms with Crippen molar-refractivity contribution in [2.45, 2.75) is 6.92 Å². The number of aromatic nitrogens is 1. The maximum Gasteiger partial charge on any atom is 0.200 e. The van der Waals surface area contributed by atoms with Crippen LogP contribution in [0.1, 0.15) is 5.56 Å². The van der Waals surface area contributed by atoms with Gasteiger partial charge in [0.05, 0.1) is 10.9 Å². The first-order chi connectivity index (χ1) is 8.56. The Kier molecular flexibility index (Phi) is 2.07. The minimum atomic E-state index is -0.236. The van der Waals surface area contributed by atoms with Gasteiger partial charge in [0.25, 0.3) is 0 Å². The number of pyridine rings is 1. The standard InChI is InChI=1S/C14H11NO3/c1-7-2-3-10-9(4-7)14(18)13-11(15-10)5-8(16)6-12(13)17/h2-6,16-17H,1H3,(H,15,18). The van der Waals surface area contributed by atoms with Gasteiger partial charge in [-0.15, -0.1) is 0 Å². The van der Waals surface area contributed by atoms with E-state index in [1.165, 1.54) is 12.1 Å². The van der Waals surface area contributed by atoms with Crippen molar-refractivity contribution < 1.29 is 10.2 Å². The van der Waals surface area contributed by atoms with Gasteiger partial charge in [-0.1, -0.05) is 11.6 Å². The smallest absolute Gasteiger partial charge is 0.200 e. The predicted molar refractivity (Wildman–Crippen MR) is 70.1 cm³/mol. The number of hydrogen-bond acceptors (Lipinski definition) is 3. The van der Waals surface area contributed by atoms with Gasteiger partial charge < -0.3 is 15.2 Å². The fraction of sp³-hybridized carbons (Fsp3) is 0.0714. The van der Waals surface area contributed by atoms with E-state index in [1.807, 2.05) is 19.1 Å². The number of phenols is 2. The van der Waals surface area contributed by atoms with E-state index >= 15 is 0 Å². The van der Waals surface area contributed by atoms with Gasteiger partial charge in [0.2, 0.25) is 5.43 Å². The van der Waals surface area contributed by atoms with Crippen LogP contribution in [0.25, 0.3) is 21.8 Å². The van der Waals surface area contributed by atoms with E-state index in [0.29, 0.717) is 16.4 Å². The molecule has 4 heteroatoms. The molecule has 3 N–H and O–H groups in total. The zero-order chi connectivity index (χ0) is 12.9. The van der Waals surface area contributed by atoms with Crippen molar-refractivity contribution in [3.05, 3.63) is 46.1 Å². The average molecular weight is 241 g/mol. The molecule has 0 aliphatic heterocycles. The monoisotopic (exact) mass is 241 g/mol. The first-order valence-electron chi connectivity index (χ1n) is 5.54. The van der Waals surface area contributed by atoms with Crippen molar-refractivity contribution in [2.24, 2.45) is 0 Å². The number of phenolic OH excluding ortho intramolecular Hbond substituents is 2. The van der Waals surface area contributed by atoms with Crippen LogP contribution in [-0.2, 0) is 0 Å². The molecule has 2 aromatic carbocycles. The third-order valence-corrected chi connectivity index (χ3v) is 3.02. The van der Waals surface area contributed by atoms with Gasteiger partial charge >= 0.3 is 0 Å². The number of nitrogens with one attached hydrogen (secondary N) is 1. The average Bonchev–Trinajstić information content (AvgIpc) is 2.29. The Morgan fingerprint density at radius 1 is 1.06 bits per heavy atom. The molecular formula is C14H11NO3. The highest BCUT2D eigenvalue weighted by Crippen LogP contribution is 2.27. The summed E-state index contributed by atoms with van der Waals surface area (Å²) in [4.78, 5) is 15.3. The number of benzene rings is 2. The Morgan fingerprint density at radius 2 is 1.83 bits per heavy atom. The molecule has 0 fully saturated rings. The molecule has 0 spiro atoms. The molecule has 0 saturated carbocycles. The van der Waals surface area contributed by atoms with Crippen LogP contribution in [0.3, 0.4) is 0 Å². The van der Waals surface area contributed by atoms with E-state index in [4.69, 9.17) is 0 Å². The lowest BCUT2D eigenvalue weighted by Gasteiger charge is -2.05. The summed E-state index contributed by atoms with van der Waals surface area (Å²) < 4.78 is 0. The summed E-state index contributed by atoms with van der Waals surface area (Å²) in [6.07, 6.45) is 0. The third-order valence-electron chi connectivity index (χ3n) is 3.02. The van der Waals surface area contributed by atoms with Gasteiger partial charge in [0.1, 0.15) is 11.5 Å². The summed E-state index contributed by atoms with van der Waals surface area (Å²) in [7, 11) is 0. The highest BCUT2D eigenvalue weighted by molar-refractivity contribution is 5.96. The molecular weight excluding hydrogens is 230 g/mol. The maximum absolute atomic E-state index is 12.3. The van der Waals surface area contributed by atoms with Crippen LogP contribution < -0.4 is 5.43 Å². The quantitative estimate of drug-likeness (QED) is 0.529. The number of rotatable bonds is 0. The molecule has 3 aromatic rings. The Bertz CT molecular complexity index is 834. The zero-order valence-electron chi connectivity index (χ0n) is 9.69. The van der Waals surface area contributed by atoms with E-state index in [2.05, 4.69) is 4.98 Å². The van der Waals surface area contributed by atoms with Gasteiger partial charge in [0, 0.05) is 23.0 Å². The molecule has 0 radical (unpaired) electrons. The minimum Gasteiger partial charge on any atom is -0.508 e. The topological polar surface area (TPSA) is 73.3 Å². The number of aryl methyl sites for hydroxylation is 1. The SMILES string of the molecule is Cc1ccc2[nH]c3cc(O)cc(O)c3c(=O)c2c1. The van der Waals surface area contributed by atoms with Gasteiger partial charge in [-0.25, -0.2) is 0 Å². The van der Waals surface area contributed by atoms with E-state index in [-0.39, 0.29) is 22.3 Å². The maximum atomic E-state index is 12.3. The number of hydrogen-bond donors (Lipinski definition) is 3. The molecule has 0 amide bonds. The number of fused-ring (bicyclic) bond motifs is 2. The van der Waals surface area contributed by atoms with Crippen LogP contribution in [0, 0.1) is 6.92 Å². The Balaban J connectivity index is 2.61. The van der Waals surface area contributed by atoms with Crippen LogP contribution in [0.15, 0.2) is 35.1 Å². The summed E-state index contributed by atoms with van der Waals surface area (Å²) in [6.45, 7) is 1.90. The first kappa shape index (κ1) is 10.7. The van der Waals surface area contributed by atoms with Crippen molar-refractivity contribution in [2.75, 3.05) is 0 Å². The number of aromatic amines is 1. The fourth-order valence-corrected chi connectivity index (χ4v) is 2.18. The van der Waals surface area contributed by atoms with Crippen LogP contribution in [0.5, 0.6) is 11.5 Å². The zero-order valence-corrected chi connectivity index (χ0v) is 9.69. The summed E-state index contributed by atoms with van der Waals surface area (Å²) >= 11 is 0. The molecule has 1 heterocycles. The van der Waals surface area contributed by atoms with Gasteiger partial charge in [-0.05, 0) is 19.1 Å². The van der Waals surface area contributed by atoms with Gasteiger partial charge in [0.15, 0.2) is 0 Å². The van der Waals surface area contributed by atoms with Crippen molar-refractivity contribution in [3.8, 4) is 11.5 Å². The van der Waals surface area contributed by atoms with E-state index < -0.39 is 0 Å². The Labute approximate surface area is 102 Å². The molecule has 1 aromatic heterocycles. The summed E-state index contributed by atoms with van der Waals surface area (Å²) in [5.41, 5.74) is 1.85. The lowest BCUT2D eigenvalue weighted by Crippen LogP contribution is -2.04. The van der Waals surface area contributed by atoms with E-state index in [9.17, 15) is 15.0 Å². The van der Waals surface area contributed by atoms with Crippen molar-refractivity contribution in [3.63, 3.8) is 0 Å². The van der Waals surface area contributed by atoms with Crippen LogP contribution >= 0.6 is 0 Å². The summed E-state index contributed by atoms with van der Waals surface area (Å²) in [5, 5.41) is 19.9. The molecule has 0 aliphatic rings. The first-order valence-corrected chi connectivity index (χ1v) is 5.54. The molecule has 4 nitrogen and oxygen atoms in total. The van der Waals surface area contributed by atoms with Gasteiger partial charge in [-0.3, -0.25) is 4.79 Å². The van der Waals surface area contributed by atoms with Crippen molar-refractivity contribution >= 4 is 21.8 Å². The Morgan fingerprint density at radius 3 is 2.61 bits per heavy atom. The van der Waals surface area contributed by atoms with Gasteiger partial charge in [-0.2, -0.15) is 0 Å². The molecule has 0 unspecified atom stereocenters. The minimum absolute atomic E-state index is 0.0814. The molecule has 90 valence electrons. The third kappa shape index (κ3) is 1.43. The highest BCUT2D eigenvalue weighted by Gasteiger charge is 2.10. The fourth-order valence-electron chi connectivity index (χ4n) is 2.18. The summed E-state index contributed by atoms with van der Waals surface area (Å²) in [5.74, 6) is -0.295. The summed E-state index contributed by atoms with van der Waals surface area (Å²) in [6, 6.07) is 8.08. The second kappa shape index (κ2) is 3.50. The van der Waals surface area contributed by atoms with E-state index in [1.54, 1.807) is 6.07 Å². The largest absolute Gasteiger partial charge is 0.508 e. The van der Waals surface area contributed by atoms with Crippen LogP contribution in [0.2, 0.25) is 0 Å². The number of aromatic hydroxyl groups is 2. The highest BCUT2D eigenvalue weighted by atomic mass is 16.3. The predicted octanol–water partition coefficient (Wildman–Crippen LogP) is 2.40. The van der Waals surface area contributed by atoms with Crippen LogP contribution in [-0.4, -0.2) is 15.2 Å². The molecule has 0 bridgehead atoms. The lowest BCUT2D eigenvalue weighted by atomic mass is 10.1. The molecule has 18 heavy (non-hydrogen) atoms. The van der Waals surface area contributed by atoms with Crippen LogP contribution in [0.4, 0.5) is 0 Å². The molecule has 0 aliphatic carbocycles. The van der Waals surface area contributed by atoms with Crippen molar-refractivity contribution in [1.29, 1.82) is 0 Å². The number of H-pyrrole nitrogens is 1.